The number of nitrogens with zero attached hydrogens (tertiary/aromatic N) is 1. The van der Waals surface area contributed by atoms with Gasteiger partial charge in [-0.1, -0.05) is 121 Å². The summed E-state index contributed by atoms with van der Waals surface area (Å²) in [7, 11) is 0. The number of rotatable bonds is 4. The molecule has 162 valence electrons. The van der Waals surface area contributed by atoms with Gasteiger partial charge in [-0.25, -0.2) is 0 Å². The van der Waals surface area contributed by atoms with Crippen molar-refractivity contribution in [1.29, 1.82) is 0 Å². The second kappa shape index (κ2) is 8.53. The van der Waals surface area contributed by atoms with Gasteiger partial charge in [0.05, 0.1) is 11.4 Å². The predicted octanol–water partition coefficient (Wildman–Crippen LogP) is 8.92. The number of fused-ring (bicyclic) bond motifs is 1. The number of hydrogen-bond donors (Lipinski definition) is 0. The average Bonchev–Trinajstić information content (AvgIpc) is 3.30. The number of aryl methyl sites for hydroxylation is 1. The molecule has 0 saturated carbocycles. The van der Waals surface area contributed by atoms with Gasteiger partial charge in [0.15, 0.2) is 0 Å². The molecule has 0 N–H and O–H groups in total. The minimum absolute atomic E-state index is 1.19. The number of pyridine rings is 1. The Bertz CT molecular complexity index is 1560. The van der Waals surface area contributed by atoms with Crippen LogP contribution < -0.4 is 0 Å². The Morgan fingerprint density at radius 3 is 1.62 bits per heavy atom. The topological polar surface area (TPSA) is 4.41 Å². The summed E-state index contributed by atoms with van der Waals surface area (Å²) >= 11 is 0. The molecule has 6 rings (SSSR count). The van der Waals surface area contributed by atoms with Crippen LogP contribution in [-0.2, 0) is 0 Å². The van der Waals surface area contributed by atoms with E-state index in [1.807, 2.05) is 0 Å². The van der Waals surface area contributed by atoms with Crippen LogP contribution in [0, 0.1) is 6.92 Å². The Hall–Kier alpha value is -4.36. The third-order valence-corrected chi connectivity index (χ3v) is 6.45. The van der Waals surface area contributed by atoms with Gasteiger partial charge >= 0.3 is 0 Å². The van der Waals surface area contributed by atoms with Crippen LogP contribution in [0.5, 0.6) is 0 Å². The average molecular weight is 436 g/mol. The van der Waals surface area contributed by atoms with Crippen molar-refractivity contribution in [2.45, 2.75) is 6.92 Å². The molecule has 0 unspecified atom stereocenters. The van der Waals surface area contributed by atoms with Crippen LogP contribution in [0.3, 0.4) is 0 Å². The third kappa shape index (κ3) is 3.62. The van der Waals surface area contributed by atoms with Gasteiger partial charge in [0.1, 0.15) is 0 Å². The minimum atomic E-state index is 1.19. The zero-order valence-electron chi connectivity index (χ0n) is 19.1. The molecule has 0 aliphatic carbocycles. The van der Waals surface area contributed by atoms with Crippen LogP contribution in [0.1, 0.15) is 5.56 Å². The van der Waals surface area contributed by atoms with E-state index in [0.29, 0.717) is 0 Å². The normalized spacial score (nSPS) is 11.1. The van der Waals surface area contributed by atoms with Gasteiger partial charge in [0.2, 0.25) is 0 Å². The summed E-state index contributed by atoms with van der Waals surface area (Å²) in [6.45, 7) is 2.14. The van der Waals surface area contributed by atoms with Crippen LogP contribution in [0.4, 0.5) is 0 Å². The summed E-state index contributed by atoms with van der Waals surface area (Å²) in [4.78, 5) is 0. The number of hydrogen-bond acceptors (Lipinski definition) is 0. The molecule has 0 aliphatic rings. The van der Waals surface area contributed by atoms with Crippen molar-refractivity contribution in [1.82, 2.24) is 4.40 Å². The largest absolute Gasteiger partial charge is 0.309 e. The molecule has 0 saturated heterocycles. The number of aromatic nitrogens is 1. The fraction of sp³-hybridized carbons (Fsp3) is 0.0303. The van der Waals surface area contributed by atoms with Crippen molar-refractivity contribution in [2.24, 2.45) is 0 Å². The SMILES string of the molecule is Cc1ccc(-c2c(-c3ccccc3)cc3cc(-c4ccccc4)cc(-c4ccccc4)n23)cc1. The molecule has 0 amide bonds. The molecule has 0 radical (unpaired) electrons. The molecule has 0 fully saturated rings. The zero-order chi connectivity index (χ0) is 22.9. The highest BCUT2D eigenvalue weighted by atomic mass is 14.9. The van der Waals surface area contributed by atoms with Crippen molar-refractivity contribution in [3.05, 3.63) is 139 Å². The first-order valence-corrected chi connectivity index (χ1v) is 11.7. The lowest BCUT2D eigenvalue weighted by molar-refractivity contribution is 1.21. The quantitative estimate of drug-likeness (QED) is 0.260. The van der Waals surface area contributed by atoms with Crippen LogP contribution >= 0.6 is 0 Å². The summed E-state index contributed by atoms with van der Waals surface area (Å²) < 4.78 is 2.43. The van der Waals surface area contributed by atoms with Crippen LogP contribution in [0.15, 0.2) is 133 Å². The van der Waals surface area contributed by atoms with Crippen LogP contribution in [0.2, 0.25) is 0 Å². The fourth-order valence-corrected chi connectivity index (χ4v) is 4.76. The predicted molar refractivity (Wildman–Crippen MR) is 144 cm³/mol. The third-order valence-electron chi connectivity index (χ3n) is 6.45. The lowest BCUT2D eigenvalue weighted by atomic mass is 10.0. The highest BCUT2D eigenvalue weighted by Gasteiger charge is 2.18. The Morgan fingerprint density at radius 2 is 1.00 bits per heavy atom. The Morgan fingerprint density at radius 1 is 0.441 bits per heavy atom. The molecule has 2 aromatic heterocycles. The first kappa shape index (κ1) is 20.3. The van der Waals surface area contributed by atoms with E-state index >= 15 is 0 Å². The van der Waals surface area contributed by atoms with E-state index in [-0.39, 0.29) is 0 Å². The van der Waals surface area contributed by atoms with E-state index in [2.05, 4.69) is 145 Å². The molecular weight excluding hydrogens is 410 g/mol. The molecule has 1 heteroatoms. The second-order valence-corrected chi connectivity index (χ2v) is 8.76. The van der Waals surface area contributed by atoms with E-state index in [1.54, 1.807) is 0 Å². The fourth-order valence-electron chi connectivity index (χ4n) is 4.76. The minimum Gasteiger partial charge on any atom is -0.309 e. The monoisotopic (exact) mass is 435 g/mol. The van der Waals surface area contributed by atoms with Gasteiger partial charge in [-0.2, -0.15) is 0 Å². The standard InChI is InChI=1S/C33H25N/c1-24-17-19-28(20-18-24)33-31(26-13-7-3-8-14-26)23-30-21-29(25-11-5-2-6-12-25)22-32(34(30)33)27-15-9-4-10-16-27/h2-23H,1H3. The van der Waals surface area contributed by atoms with Gasteiger partial charge in [-0.05, 0) is 52.9 Å². The van der Waals surface area contributed by atoms with E-state index < -0.39 is 0 Å². The maximum atomic E-state index is 2.43. The Balaban J connectivity index is 1.74. The molecule has 2 heterocycles. The molecule has 6 aromatic rings. The van der Waals surface area contributed by atoms with Gasteiger partial charge in [-0.3, -0.25) is 0 Å². The lowest BCUT2D eigenvalue weighted by Gasteiger charge is -2.15. The Labute approximate surface area is 200 Å². The van der Waals surface area contributed by atoms with E-state index in [0.717, 1.165) is 0 Å². The van der Waals surface area contributed by atoms with Gasteiger partial charge in [-0.15, -0.1) is 0 Å². The van der Waals surface area contributed by atoms with E-state index in [4.69, 9.17) is 0 Å². The number of benzene rings is 4. The van der Waals surface area contributed by atoms with Crippen molar-refractivity contribution >= 4 is 5.52 Å². The summed E-state index contributed by atoms with van der Waals surface area (Å²) in [5, 5.41) is 0. The first-order chi connectivity index (χ1) is 16.8. The summed E-state index contributed by atoms with van der Waals surface area (Å²) in [6, 6.07) is 47.9. The van der Waals surface area contributed by atoms with E-state index in [9.17, 15) is 0 Å². The second-order valence-electron chi connectivity index (χ2n) is 8.76. The smallest absolute Gasteiger partial charge is 0.0613 e. The molecule has 34 heavy (non-hydrogen) atoms. The van der Waals surface area contributed by atoms with Crippen molar-refractivity contribution in [2.75, 3.05) is 0 Å². The molecular formula is C33H25N. The molecule has 1 nitrogen and oxygen atoms in total. The van der Waals surface area contributed by atoms with Crippen LogP contribution in [0.25, 0.3) is 50.3 Å². The maximum absolute atomic E-state index is 2.43. The van der Waals surface area contributed by atoms with Crippen molar-refractivity contribution in [3.8, 4) is 44.8 Å². The maximum Gasteiger partial charge on any atom is 0.0613 e. The van der Waals surface area contributed by atoms with Gasteiger partial charge < -0.3 is 4.40 Å². The van der Waals surface area contributed by atoms with Crippen molar-refractivity contribution in [3.63, 3.8) is 0 Å². The van der Waals surface area contributed by atoms with Crippen molar-refractivity contribution < 1.29 is 0 Å². The summed E-state index contributed by atoms with van der Waals surface area (Å²) in [5.41, 5.74) is 12.2. The summed E-state index contributed by atoms with van der Waals surface area (Å²) in [5.74, 6) is 0. The van der Waals surface area contributed by atoms with Crippen LogP contribution in [-0.4, -0.2) is 4.40 Å². The molecule has 0 atom stereocenters. The van der Waals surface area contributed by atoms with E-state index in [1.165, 1.54) is 55.8 Å². The van der Waals surface area contributed by atoms with Gasteiger partial charge in [0.25, 0.3) is 0 Å². The Kier molecular flexibility index (Phi) is 5.08. The summed E-state index contributed by atoms with van der Waals surface area (Å²) in [6.07, 6.45) is 0. The molecule has 0 bridgehead atoms. The zero-order valence-corrected chi connectivity index (χ0v) is 19.1. The first-order valence-electron chi connectivity index (χ1n) is 11.7. The molecule has 4 aromatic carbocycles. The highest BCUT2D eigenvalue weighted by molar-refractivity contribution is 5.91. The van der Waals surface area contributed by atoms with Gasteiger partial charge in [0, 0.05) is 11.1 Å². The molecule has 0 aliphatic heterocycles. The molecule has 0 spiro atoms. The highest BCUT2D eigenvalue weighted by Crippen LogP contribution is 2.40. The lowest BCUT2D eigenvalue weighted by Crippen LogP contribution is -1.97.